The molecule has 0 aliphatic carbocycles. The Morgan fingerprint density at radius 1 is 1.33 bits per heavy atom. The van der Waals surface area contributed by atoms with Crippen LogP contribution in [0.4, 0.5) is 10.2 Å². The number of anilines is 1. The van der Waals surface area contributed by atoms with Crippen molar-refractivity contribution in [3.05, 3.63) is 36.5 Å². The summed E-state index contributed by atoms with van der Waals surface area (Å²) < 4.78 is 12.6. The second kappa shape index (κ2) is 4.37. The molecule has 0 N–H and O–H groups in total. The lowest BCUT2D eigenvalue weighted by Gasteiger charge is -2.15. The van der Waals surface area contributed by atoms with Gasteiger partial charge in [-0.3, -0.25) is 14.1 Å². The van der Waals surface area contributed by atoms with E-state index in [0.717, 1.165) is 10.8 Å². The maximum Gasteiger partial charge on any atom is 0.228 e. The van der Waals surface area contributed by atoms with E-state index < -0.39 is 6.67 Å². The van der Waals surface area contributed by atoms with Crippen molar-refractivity contribution in [2.24, 2.45) is 5.92 Å². The summed E-state index contributed by atoms with van der Waals surface area (Å²) in [5, 5.41) is 2.08. The van der Waals surface area contributed by atoms with E-state index in [4.69, 9.17) is 0 Å². The first kappa shape index (κ1) is 11.1. The number of pyridine rings is 1. The SMILES string of the molecule is O=C1CC(CF)CN1c1cc2ccccc2cn1. The van der Waals surface area contributed by atoms with Crippen LogP contribution in [-0.4, -0.2) is 24.1 Å². The number of nitrogens with zero attached hydrogens (tertiary/aromatic N) is 2. The van der Waals surface area contributed by atoms with Crippen molar-refractivity contribution in [1.82, 2.24) is 4.98 Å². The summed E-state index contributed by atoms with van der Waals surface area (Å²) in [5.41, 5.74) is 0. The second-order valence-corrected chi connectivity index (χ2v) is 4.62. The van der Waals surface area contributed by atoms with E-state index >= 15 is 0 Å². The zero-order chi connectivity index (χ0) is 12.5. The number of halogens is 1. The molecule has 2 aromatic rings. The zero-order valence-electron chi connectivity index (χ0n) is 9.84. The Balaban J connectivity index is 1.97. The third kappa shape index (κ3) is 1.83. The molecule has 1 unspecified atom stereocenters. The molecule has 3 rings (SSSR count). The quantitative estimate of drug-likeness (QED) is 0.813. The summed E-state index contributed by atoms with van der Waals surface area (Å²) in [4.78, 5) is 17.7. The van der Waals surface area contributed by atoms with Gasteiger partial charge in [0.2, 0.25) is 5.91 Å². The van der Waals surface area contributed by atoms with Crippen LogP contribution in [0, 0.1) is 5.92 Å². The lowest BCUT2D eigenvalue weighted by molar-refractivity contribution is -0.117. The second-order valence-electron chi connectivity index (χ2n) is 4.62. The molecule has 92 valence electrons. The van der Waals surface area contributed by atoms with Crippen LogP contribution in [-0.2, 0) is 4.79 Å². The standard InChI is InChI=1S/C14H13FN2O/c15-7-10-5-14(18)17(9-10)13-6-11-3-1-2-4-12(11)8-16-13/h1-4,6,8,10H,5,7,9H2. The highest BCUT2D eigenvalue weighted by atomic mass is 19.1. The first-order valence-electron chi connectivity index (χ1n) is 5.99. The molecule has 1 aliphatic heterocycles. The maximum atomic E-state index is 12.6. The van der Waals surface area contributed by atoms with Crippen molar-refractivity contribution in [2.75, 3.05) is 18.1 Å². The van der Waals surface area contributed by atoms with Crippen LogP contribution in [0.3, 0.4) is 0 Å². The van der Waals surface area contributed by atoms with Gasteiger partial charge in [-0.05, 0) is 11.5 Å². The lowest BCUT2D eigenvalue weighted by atomic mass is 10.1. The number of rotatable bonds is 2. The first-order valence-corrected chi connectivity index (χ1v) is 5.99. The monoisotopic (exact) mass is 244 g/mol. The van der Waals surface area contributed by atoms with Gasteiger partial charge >= 0.3 is 0 Å². The van der Waals surface area contributed by atoms with Crippen LogP contribution in [0.5, 0.6) is 0 Å². The molecular weight excluding hydrogens is 231 g/mol. The maximum absolute atomic E-state index is 12.6. The largest absolute Gasteiger partial charge is 0.296 e. The molecule has 1 amide bonds. The minimum absolute atomic E-state index is 0.0413. The Labute approximate surface area is 104 Å². The summed E-state index contributed by atoms with van der Waals surface area (Å²) in [6.07, 6.45) is 2.03. The van der Waals surface area contributed by atoms with E-state index in [0.29, 0.717) is 12.4 Å². The van der Waals surface area contributed by atoms with Crippen LogP contribution in [0.2, 0.25) is 0 Å². The highest BCUT2D eigenvalue weighted by Gasteiger charge is 2.31. The van der Waals surface area contributed by atoms with Crippen LogP contribution in [0.25, 0.3) is 10.8 Å². The van der Waals surface area contributed by atoms with Gasteiger partial charge in [-0.2, -0.15) is 0 Å². The summed E-state index contributed by atoms with van der Waals surface area (Å²) in [5.74, 6) is 0.390. The number of carbonyl (C=O) groups is 1. The highest BCUT2D eigenvalue weighted by molar-refractivity contribution is 5.96. The van der Waals surface area contributed by atoms with E-state index in [-0.39, 0.29) is 18.2 Å². The molecule has 0 radical (unpaired) electrons. The predicted molar refractivity (Wildman–Crippen MR) is 68.2 cm³/mol. The van der Waals surface area contributed by atoms with Gasteiger partial charge in [0.1, 0.15) is 5.82 Å². The summed E-state index contributed by atoms with van der Waals surface area (Å²) >= 11 is 0. The van der Waals surface area contributed by atoms with Crippen LogP contribution in [0.15, 0.2) is 36.5 Å². The molecule has 3 nitrogen and oxygen atoms in total. The highest BCUT2D eigenvalue weighted by Crippen LogP contribution is 2.26. The van der Waals surface area contributed by atoms with Gasteiger partial charge in [0.05, 0.1) is 6.67 Å². The number of hydrogen-bond acceptors (Lipinski definition) is 2. The Kier molecular flexibility index (Phi) is 2.70. The molecule has 18 heavy (non-hydrogen) atoms. The molecule has 1 atom stereocenters. The van der Waals surface area contributed by atoms with Crippen molar-refractivity contribution in [1.29, 1.82) is 0 Å². The molecule has 2 heterocycles. The van der Waals surface area contributed by atoms with Crippen molar-refractivity contribution in [3.8, 4) is 0 Å². The zero-order valence-corrected chi connectivity index (χ0v) is 9.84. The van der Waals surface area contributed by atoms with Crippen molar-refractivity contribution in [2.45, 2.75) is 6.42 Å². The molecule has 0 spiro atoms. The number of aromatic nitrogens is 1. The number of fused-ring (bicyclic) bond motifs is 1. The average molecular weight is 244 g/mol. The molecule has 1 fully saturated rings. The van der Waals surface area contributed by atoms with Gasteiger partial charge in [0, 0.05) is 30.5 Å². The van der Waals surface area contributed by atoms with Crippen molar-refractivity contribution < 1.29 is 9.18 Å². The summed E-state index contributed by atoms with van der Waals surface area (Å²) in [7, 11) is 0. The fourth-order valence-corrected chi connectivity index (χ4v) is 2.33. The Morgan fingerprint density at radius 2 is 2.11 bits per heavy atom. The summed E-state index contributed by atoms with van der Waals surface area (Å²) in [6, 6.07) is 9.73. The number of hydrogen-bond donors (Lipinski definition) is 0. The van der Waals surface area contributed by atoms with E-state index in [9.17, 15) is 9.18 Å². The minimum Gasteiger partial charge on any atom is -0.296 e. The van der Waals surface area contributed by atoms with E-state index in [1.165, 1.54) is 0 Å². The van der Waals surface area contributed by atoms with Crippen LogP contribution in [0.1, 0.15) is 6.42 Å². The number of amides is 1. The Hall–Kier alpha value is -1.97. The fourth-order valence-electron chi connectivity index (χ4n) is 2.33. The van der Waals surface area contributed by atoms with Gasteiger partial charge in [-0.1, -0.05) is 24.3 Å². The molecule has 0 saturated carbocycles. The van der Waals surface area contributed by atoms with Gasteiger partial charge < -0.3 is 0 Å². The molecule has 4 heteroatoms. The third-order valence-corrected chi connectivity index (χ3v) is 3.32. The van der Waals surface area contributed by atoms with Crippen LogP contribution < -0.4 is 4.90 Å². The smallest absolute Gasteiger partial charge is 0.228 e. The topological polar surface area (TPSA) is 33.2 Å². The Bertz CT molecular complexity index is 599. The molecule has 1 aliphatic rings. The Morgan fingerprint density at radius 3 is 2.83 bits per heavy atom. The predicted octanol–water partition coefficient (Wildman–Crippen LogP) is 2.56. The van der Waals surface area contributed by atoms with Crippen molar-refractivity contribution >= 4 is 22.5 Å². The van der Waals surface area contributed by atoms with Crippen LogP contribution >= 0.6 is 0 Å². The number of carbonyl (C=O) groups excluding carboxylic acids is 1. The lowest BCUT2D eigenvalue weighted by Crippen LogP contribution is -2.25. The third-order valence-electron chi connectivity index (χ3n) is 3.32. The molecule has 1 aromatic heterocycles. The van der Waals surface area contributed by atoms with E-state index in [1.54, 1.807) is 11.1 Å². The molecular formula is C14H13FN2O. The number of alkyl halides is 1. The van der Waals surface area contributed by atoms with Crippen molar-refractivity contribution in [3.63, 3.8) is 0 Å². The van der Waals surface area contributed by atoms with E-state index in [2.05, 4.69) is 4.98 Å². The molecule has 1 saturated heterocycles. The van der Waals surface area contributed by atoms with Gasteiger partial charge in [0.15, 0.2) is 0 Å². The normalized spacial score (nSPS) is 19.7. The minimum atomic E-state index is -0.449. The van der Waals surface area contributed by atoms with E-state index in [1.807, 2.05) is 30.3 Å². The van der Waals surface area contributed by atoms with Gasteiger partial charge in [-0.15, -0.1) is 0 Å². The average Bonchev–Trinajstić information content (AvgIpc) is 2.79. The first-order chi connectivity index (χ1) is 8.78. The fraction of sp³-hybridized carbons (Fsp3) is 0.286. The molecule has 1 aromatic carbocycles. The van der Waals surface area contributed by atoms with Gasteiger partial charge in [-0.25, -0.2) is 4.98 Å². The number of benzene rings is 1. The van der Waals surface area contributed by atoms with Gasteiger partial charge in [0.25, 0.3) is 0 Å². The summed E-state index contributed by atoms with van der Waals surface area (Å²) in [6.45, 7) is -0.0174. The molecule has 0 bridgehead atoms.